The zero-order valence-electron chi connectivity index (χ0n) is 63.3. The van der Waals surface area contributed by atoms with Gasteiger partial charge in [0.15, 0.2) is 23.3 Å². The molecule has 0 saturated carbocycles. The molecule has 0 unspecified atom stereocenters. The zero-order valence-corrected chi connectivity index (χ0v) is 63.3. The largest absolute Gasteiger partial charge is 0.416 e. The number of hydrogen-bond donors (Lipinski definition) is 0. The summed E-state index contributed by atoms with van der Waals surface area (Å²) >= 11 is 0. The zero-order chi connectivity index (χ0) is 79.0. The van der Waals surface area contributed by atoms with E-state index in [1.54, 1.807) is 37.2 Å². The molecular formula is C95H74F3N17. The Morgan fingerprint density at radius 2 is 0.557 bits per heavy atom. The summed E-state index contributed by atoms with van der Waals surface area (Å²) in [6, 6.07) is 97.1. The van der Waals surface area contributed by atoms with Crippen LogP contribution in [-0.2, 0) is 34.4 Å². The van der Waals surface area contributed by atoms with Crippen LogP contribution in [0.15, 0.2) is 359 Å². The maximum Gasteiger partial charge on any atom is 0.416 e. The summed E-state index contributed by atoms with van der Waals surface area (Å²) in [5, 5.41) is 0. The second kappa shape index (κ2) is 34.8. The molecule has 19 rings (SSSR count). The van der Waals surface area contributed by atoms with Gasteiger partial charge in [-0.2, -0.15) is 13.2 Å². The lowest BCUT2D eigenvalue weighted by Crippen LogP contribution is -2.04. The van der Waals surface area contributed by atoms with Gasteiger partial charge in [0.25, 0.3) is 0 Å². The van der Waals surface area contributed by atoms with E-state index in [9.17, 15) is 13.2 Å². The summed E-state index contributed by atoms with van der Waals surface area (Å²) in [5.41, 5.74) is 22.4. The average molecular weight is 1510 g/mol. The minimum atomic E-state index is -4.37. The van der Waals surface area contributed by atoms with Crippen LogP contribution in [0.25, 0.3) is 158 Å². The summed E-state index contributed by atoms with van der Waals surface area (Å²) in [5.74, 6) is 3.41. The first-order valence-corrected chi connectivity index (χ1v) is 37.0. The van der Waals surface area contributed by atoms with Gasteiger partial charge in [-0.3, -0.25) is 24.9 Å². The van der Waals surface area contributed by atoms with Crippen LogP contribution in [0.3, 0.4) is 0 Å². The maximum absolute atomic E-state index is 12.9. The number of aromatic nitrogens is 17. The minimum absolute atomic E-state index is 0.624. The van der Waals surface area contributed by atoms with Crippen LogP contribution in [-0.4, -0.2) is 83.1 Å². The van der Waals surface area contributed by atoms with Gasteiger partial charge < -0.3 is 18.3 Å². The Morgan fingerprint density at radius 1 is 0.235 bits per heavy atom. The van der Waals surface area contributed by atoms with Gasteiger partial charge in [0.1, 0.15) is 22.8 Å². The number of fused-ring (bicyclic) bond motifs is 2. The van der Waals surface area contributed by atoms with Crippen molar-refractivity contribution in [3.05, 3.63) is 370 Å². The van der Waals surface area contributed by atoms with Gasteiger partial charge in [-0.05, 0) is 192 Å². The summed E-state index contributed by atoms with van der Waals surface area (Å²) < 4.78 is 46.7. The van der Waals surface area contributed by atoms with Crippen LogP contribution in [0, 0.1) is 6.92 Å². The van der Waals surface area contributed by atoms with E-state index in [0.717, 1.165) is 131 Å². The molecule has 560 valence electrons. The van der Waals surface area contributed by atoms with E-state index in [1.165, 1.54) is 28.8 Å². The van der Waals surface area contributed by atoms with E-state index in [1.807, 2.05) is 238 Å². The molecule has 20 heteroatoms. The van der Waals surface area contributed by atoms with Gasteiger partial charge in [0.2, 0.25) is 0 Å². The Labute approximate surface area is 662 Å². The van der Waals surface area contributed by atoms with Crippen LogP contribution in [0.5, 0.6) is 0 Å². The number of pyridine rings is 9. The first kappa shape index (κ1) is 75.2. The third-order valence-corrected chi connectivity index (χ3v) is 18.9. The van der Waals surface area contributed by atoms with Gasteiger partial charge in [-0.25, -0.2) is 39.9 Å². The van der Waals surface area contributed by atoms with Crippen molar-refractivity contribution in [2.24, 2.45) is 28.2 Å². The van der Waals surface area contributed by atoms with Crippen molar-refractivity contribution in [1.29, 1.82) is 0 Å². The lowest BCUT2D eigenvalue weighted by atomic mass is 10.0. The monoisotopic (exact) mass is 1510 g/mol. The molecule has 0 aliphatic carbocycles. The van der Waals surface area contributed by atoms with Crippen molar-refractivity contribution in [1.82, 2.24) is 83.1 Å². The number of nitrogens with zero attached hydrogens (tertiary/aromatic N) is 17. The summed E-state index contributed by atoms with van der Waals surface area (Å²) in [6.45, 7) is 2.09. The number of benzene rings is 6. The van der Waals surface area contributed by atoms with Crippen molar-refractivity contribution in [2.45, 2.75) is 13.1 Å². The standard InChI is InChI=1S/C22H14F3N3.C22H17N3.C21H17N5.C17H13N.C13H13N5/c23-22(24,25)17-9-7-15(8-10-17)16-13-20(18-5-1-3-11-26-18)28-21(14-16)19-6-2-4-12-27-19;1-16-8-10-17(11-9-16)18-14-21(19-6-2-4-12-23-19)25-22(15-18)20-7-3-5-13-24-20;1-25-18-12-5-3-8-14(18)23-20(25)16-10-7-11-17(22-16)21-24-15-9-4-6-13-19(15)26(21)2;1-2-7-14(8-3-1)15-9-6-10-16(13-15)17-11-4-5-12-18-17;1-17-8-6-14-12(17)10-4-3-5-11(16-10)13-15-7-9-18(13)2/h1-14H;2-15H,1H3;3-13H,1-2H3;1-13H;3-9H,1-2H3. The predicted octanol–water partition coefficient (Wildman–Crippen LogP) is 21.6. The Bertz CT molecular complexity index is 6120. The molecule has 0 fully saturated rings. The molecule has 0 aliphatic heterocycles. The number of para-hydroxylation sites is 4. The summed E-state index contributed by atoms with van der Waals surface area (Å²) in [4.78, 5) is 59.0. The van der Waals surface area contributed by atoms with Crippen LogP contribution in [0.4, 0.5) is 13.2 Å². The second-order valence-corrected chi connectivity index (χ2v) is 26.7. The van der Waals surface area contributed by atoms with E-state index >= 15 is 0 Å². The van der Waals surface area contributed by atoms with Crippen molar-refractivity contribution in [3.63, 3.8) is 0 Å². The number of hydrogen-bond acceptors (Lipinski definition) is 13. The Kier molecular flexibility index (Phi) is 22.8. The molecular weight excluding hydrogens is 1440 g/mol. The average Bonchev–Trinajstić information content (AvgIpc) is 1.66. The molecule has 0 aliphatic rings. The molecule has 6 aromatic carbocycles. The normalized spacial score (nSPS) is 11.0. The summed E-state index contributed by atoms with van der Waals surface area (Å²) in [7, 11) is 7.96. The lowest BCUT2D eigenvalue weighted by Gasteiger charge is -2.11. The molecule has 13 heterocycles. The first-order valence-electron chi connectivity index (χ1n) is 37.0. The first-order chi connectivity index (χ1) is 56.2. The van der Waals surface area contributed by atoms with Gasteiger partial charge in [-0.15, -0.1) is 0 Å². The highest BCUT2D eigenvalue weighted by atomic mass is 19.4. The van der Waals surface area contributed by atoms with E-state index in [4.69, 9.17) is 19.9 Å². The number of halogens is 3. The van der Waals surface area contributed by atoms with Crippen LogP contribution in [0.2, 0.25) is 0 Å². The molecule has 0 spiro atoms. The molecule has 0 N–H and O–H groups in total. The van der Waals surface area contributed by atoms with Crippen LogP contribution in [0.1, 0.15) is 11.1 Å². The van der Waals surface area contributed by atoms with Gasteiger partial charge in [0.05, 0.1) is 78.9 Å². The van der Waals surface area contributed by atoms with E-state index < -0.39 is 11.7 Å². The molecule has 0 saturated heterocycles. The number of imidazole rings is 4. The highest BCUT2D eigenvalue weighted by molar-refractivity contribution is 5.83. The number of alkyl halides is 3. The quantitative estimate of drug-likeness (QED) is 0.113. The molecule has 17 nitrogen and oxygen atoms in total. The van der Waals surface area contributed by atoms with Gasteiger partial charge in [-0.1, -0.05) is 157 Å². The fourth-order valence-corrected chi connectivity index (χ4v) is 12.9. The maximum atomic E-state index is 12.9. The lowest BCUT2D eigenvalue weighted by molar-refractivity contribution is -0.137. The summed E-state index contributed by atoms with van der Waals surface area (Å²) in [6.07, 6.45) is 11.7. The smallest absolute Gasteiger partial charge is 0.333 e. The predicted molar refractivity (Wildman–Crippen MR) is 449 cm³/mol. The topological polar surface area (TPSA) is 187 Å². The minimum Gasteiger partial charge on any atom is -0.333 e. The highest BCUT2D eigenvalue weighted by Gasteiger charge is 2.30. The molecule has 19 aromatic rings. The van der Waals surface area contributed by atoms with Crippen LogP contribution >= 0.6 is 0 Å². The molecule has 0 bridgehead atoms. The Balaban J connectivity index is 0.000000114. The SMILES string of the molecule is Cc1ccc(-c2cc(-c3ccccn3)nc(-c3ccccn3)c2)cc1.Cn1c(-c2cccc(-c3nc4ccccc4n3C)n2)nc2ccccc21.Cn1ccnc1-c1cccc(-c2nccn2C)n1.FC(F)(F)c1ccc(-c2cc(-c3ccccn3)nc(-c3ccccn3)c2)cc1.c1ccc(-c2cccc(-c3ccccn3)c2)cc1. The van der Waals surface area contributed by atoms with E-state index in [0.29, 0.717) is 28.3 Å². The fourth-order valence-electron chi connectivity index (χ4n) is 12.9. The molecule has 115 heavy (non-hydrogen) atoms. The van der Waals surface area contributed by atoms with Gasteiger partial charge in [0, 0.05) is 89.5 Å². The molecule has 13 aromatic heterocycles. The van der Waals surface area contributed by atoms with Crippen LogP contribution < -0.4 is 0 Å². The van der Waals surface area contributed by atoms with E-state index in [-0.39, 0.29) is 0 Å². The fraction of sp³-hybridized carbons (Fsp3) is 0.0632. The Morgan fingerprint density at radius 3 is 0.930 bits per heavy atom. The van der Waals surface area contributed by atoms with Crippen molar-refractivity contribution >= 4 is 22.1 Å². The molecule has 0 amide bonds. The Hall–Kier alpha value is -15.2. The van der Waals surface area contributed by atoms with Crippen molar-refractivity contribution in [2.75, 3.05) is 0 Å². The van der Waals surface area contributed by atoms with Gasteiger partial charge >= 0.3 is 6.18 Å². The highest BCUT2D eigenvalue weighted by Crippen LogP contribution is 2.36. The molecule has 0 atom stereocenters. The number of rotatable bonds is 12. The number of aryl methyl sites for hydroxylation is 5. The van der Waals surface area contributed by atoms with Crippen molar-refractivity contribution < 1.29 is 13.2 Å². The van der Waals surface area contributed by atoms with E-state index in [2.05, 4.69) is 158 Å². The third-order valence-electron chi connectivity index (χ3n) is 18.9. The van der Waals surface area contributed by atoms with Crippen molar-refractivity contribution in [3.8, 4) is 136 Å². The second-order valence-electron chi connectivity index (χ2n) is 26.7. The third kappa shape index (κ3) is 18.0. The molecule has 0 radical (unpaired) electrons.